The minimum Gasteiger partial charge on any atom is -0.481 e. The predicted molar refractivity (Wildman–Crippen MR) is 132 cm³/mol. The summed E-state index contributed by atoms with van der Waals surface area (Å²) >= 11 is 12.7. The molecule has 3 atom stereocenters. The van der Waals surface area contributed by atoms with Crippen LogP contribution in [-0.2, 0) is 9.59 Å². The fourth-order valence-corrected chi connectivity index (χ4v) is 5.77. The highest BCUT2D eigenvalue weighted by atomic mass is 35.5. The molecule has 0 unspecified atom stereocenters. The van der Waals surface area contributed by atoms with Crippen LogP contribution in [-0.4, -0.2) is 46.2 Å². The van der Waals surface area contributed by atoms with Gasteiger partial charge in [-0.05, 0) is 62.1 Å². The van der Waals surface area contributed by atoms with E-state index in [4.69, 9.17) is 28.3 Å². The van der Waals surface area contributed by atoms with Crippen LogP contribution in [0.2, 0.25) is 10.0 Å². The van der Waals surface area contributed by atoms with E-state index in [2.05, 4.69) is 4.74 Å². The van der Waals surface area contributed by atoms with E-state index in [-0.39, 0.29) is 52.4 Å². The lowest BCUT2D eigenvalue weighted by Gasteiger charge is -2.55. The van der Waals surface area contributed by atoms with Crippen molar-refractivity contribution in [2.24, 2.45) is 5.92 Å². The third-order valence-electron chi connectivity index (χ3n) is 7.31. The number of carbonyl (C=O) groups excluding carboxylic acids is 2. The highest BCUT2D eigenvalue weighted by Crippen LogP contribution is 2.55. The smallest absolute Gasteiger partial charge is 0.481 e. The van der Waals surface area contributed by atoms with E-state index in [1.54, 1.807) is 21.9 Å². The Hall–Kier alpha value is -2.98. The highest BCUT2D eigenvalue weighted by molar-refractivity contribution is 6.42. The zero-order valence-corrected chi connectivity index (χ0v) is 21.4. The fourth-order valence-electron chi connectivity index (χ4n) is 5.44. The van der Waals surface area contributed by atoms with Gasteiger partial charge in [-0.1, -0.05) is 23.2 Å². The number of carboxylic acids is 1. The summed E-state index contributed by atoms with van der Waals surface area (Å²) in [5, 5.41) is 9.57. The second kappa shape index (κ2) is 9.96. The largest absolute Gasteiger partial charge is 0.573 e. The quantitative estimate of drug-likeness (QED) is 0.426. The maximum atomic E-state index is 13.7. The number of hydrogen-bond donors (Lipinski definition) is 1. The van der Waals surface area contributed by atoms with Crippen molar-refractivity contribution in [2.75, 3.05) is 4.90 Å². The van der Waals surface area contributed by atoms with Crippen LogP contribution < -0.4 is 9.64 Å². The first-order valence-corrected chi connectivity index (χ1v) is 12.9. The van der Waals surface area contributed by atoms with E-state index in [1.807, 2.05) is 0 Å². The van der Waals surface area contributed by atoms with Crippen molar-refractivity contribution in [2.45, 2.75) is 63.0 Å². The van der Waals surface area contributed by atoms with E-state index < -0.39 is 30.0 Å². The summed E-state index contributed by atoms with van der Waals surface area (Å²) in [6.07, 6.45) is -2.27. The molecule has 0 saturated heterocycles. The van der Waals surface area contributed by atoms with Gasteiger partial charge >= 0.3 is 12.3 Å². The number of carboxylic acid groups (broad SMARTS) is 1. The van der Waals surface area contributed by atoms with Gasteiger partial charge in [-0.2, -0.15) is 0 Å². The lowest BCUT2D eigenvalue weighted by molar-refractivity contribution is -0.274. The maximum Gasteiger partial charge on any atom is 0.573 e. The molecule has 7 nitrogen and oxygen atoms in total. The minimum absolute atomic E-state index is 0.0201. The molecule has 1 N–H and O–H groups in total. The molecule has 2 aromatic rings. The Kier molecular flexibility index (Phi) is 6.98. The van der Waals surface area contributed by atoms with Crippen molar-refractivity contribution in [1.29, 1.82) is 0 Å². The normalized spacial score (nSPS) is 22.1. The summed E-state index contributed by atoms with van der Waals surface area (Å²) < 4.78 is 41.6. The first-order valence-electron chi connectivity index (χ1n) is 12.2. The second-order valence-electron chi connectivity index (χ2n) is 9.75. The van der Waals surface area contributed by atoms with Crippen molar-refractivity contribution >= 4 is 46.7 Å². The topological polar surface area (TPSA) is 87.2 Å². The third kappa shape index (κ3) is 5.16. The Labute approximate surface area is 226 Å². The Bertz CT molecular complexity index is 1280. The molecule has 2 fully saturated rings. The standard InChI is InChI=1S/C26H23Cl2F3N2O5/c27-18-11-17-21(12-19(18)28)33(25(37)13-1-5-15(6-2-13)38-26(29,30)31)20-8-7-16(20)24(17)32(14-3-4-14)22(34)9-10-23(35)36/h1-2,5-6,11-12,14,16,20,24H,3-4,7-10H2,(H,35,36)/t16-,20+,24+/m0/s1. The zero-order valence-electron chi connectivity index (χ0n) is 19.9. The highest BCUT2D eigenvalue weighted by Gasteiger charge is 2.53. The molecule has 2 aliphatic carbocycles. The van der Waals surface area contributed by atoms with Gasteiger partial charge in [0.1, 0.15) is 5.75 Å². The van der Waals surface area contributed by atoms with E-state index in [1.165, 1.54) is 12.1 Å². The molecule has 1 aliphatic heterocycles. The Morgan fingerprint density at radius 3 is 2.21 bits per heavy atom. The lowest BCUT2D eigenvalue weighted by atomic mass is 9.67. The number of nitrogens with zero attached hydrogens (tertiary/aromatic N) is 2. The van der Waals surface area contributed by atoms with Crippen LogP contribution in [0.15, 0.2) is 36.4 Å². The van der Waals surface area contributed by atoms with Gasteiger partial charge in [0.2, 0.25) is 5.91 Å². The van der Waals surface area contributed by atoms with Crippen LogP contribution in [0.4, 0.5) is 18.9 Å². The van der Waals surface area contributed by atoms with Crippen molar-refractivity contribution in [1.82, 2.24) is 4.90 Å². The number of ether oxygens (including phenoxy) is 1. The molecule has 5 rings (SSSR count). The Morgan fingerprint density at radius 1 is 1.00 bits per heavy atom. The van der Waals surface area contributed by atoms with Gasteiger partial charge in [0, 0.05) is 35.5 Å². The van der Waals surface area contributed by atoms with Gasteiger partial charge in [0.25, 0.3) is 5.91 Å². The lowest BCUT2D eigenvalue weighted by Crippen LogP contribution is -2.59. The number of alkyl halides is 3. The van der Waals surface area contributed by atoms with Crippen LogP contribution in [0, 0.1) is 5.92 Å². The average molecular weight is 571 g/mol. The van der Waals surface area contributed by atoms with Crippen LogP contribution in [0.25, 0.3) is 0 Å². The number of hydrogen-bond acceptors (Lipinski definition) is 4. The Morgan fingerprint density at radius 2 is 1.66 bits per heavy atom. The number of benzene rings is 2. The van der Waals surface area contributed by atoms with E-state index in [0.717, 1.165) is 31.4 Å². The second-order valence-corrected chi connectivity index (χ2v) is 10.6. The number of carbonyl (C=O) groups is 3. The van der Waals surface area contributed by atoms with Gasteiger partial charge in [-0.3, -0.25) is 14.4 Å². The molecule has 2 saturated carbocycles. The summed E-state index contributed by atoms with van der Waals surface area (Å²) in [4.78, 5) is 41.5. The molecule has 0 radical (unpaired) electrons. The van der Waals surface area contributed by atoms with Crippen LogP contribution in [0.1, 0.15) is 60.5 Å². The number of aliphatic carboxylic acids is 1. The van der Waals surface area contributed by atoms with Gasteiger partial charge < -0.3 is 19.6 Å². The van der Waals surface area contributed by atoms with E-state index in [9.17, 15) is 27.6 Å². The number of halogens is 5. The number of anilines is 1. The SMILES string of the molecule is O=C(O)CCC(=O)N(C1CC1)[C@H]1c2cc(Cl)c(Cl)cc2N(C(=O)c2ccc(OC(F)(F)F)cc2)[C@@H]2CC[C@@H]21. The Balaban J connectivity index is 1.52. The summed E-state index contributed by atoms with van der Waals surface area (Å²) in [7, 11) is 0. The minimum atomic E-state index is -4.85. The van der Waals surface area contributed by atoms with E-state index >= 15 is 0 Å². The number of amides is 2. The summed E-state index contributed by atoms with van der Waals surface area (Å²) in [5.41, 5.74) is 1.28. The zero-order chi connectivity index (χ0) is 27.4. The van der Waals surface area contributed by atoms with Crippen molar-refractivity contribution in [3.63, 3.8) is 0 Å². The van der Waals surface area contributed by atoms with Crippen molar-refractivity contribution in [3.8, 4) is 5.75 Å². The van der Waals surface area contributed by atoms with Crippen LogP contribution in [0.5, 0.6) is 5.75 Å². The molecular formula is C26H23Cl2F3N2O5. The fraction of sp³-hybridized carbons (Fsp3) is 0.423. The first kappa shape index (κ1) is 26.6. The van der Waals surface area contributed by atoms with Crippen molar-refractivity contribution < 1.29 is 37.4 Å². The molecular weight excluding hydrogens is 548 g/mol. The molecule has 2 aromatic carbocycles. The predicted octanol–water partition coefficient (Wildman–Crippen LogP) is 6.23. The average Bonchev–Trinajstić information content (AvgIpc) is 3.65. The van der Waals surface area contributed by atoms with Gasteiger partial charge in [-0.15, -0.1) is 13.2 Å². The molecule has 0 bridgehead atoms. The van der Waals surface area contributed by atoms with Gasteiger partial charge in [0.05, 0.1) is 28.2 Å². The van der Waals surface area contributed by atoms with Crippen LogP contribution >= 0.6 is 23.2 Å². The molecule has 12 heteroatoms. The molecule has 0 spiro atoms. The van der Waals surface area contributed by atoms with Gasteiger partial charge in [0.15, 0.2) is 0 Å². The van der Waals surface area contributed by atoms with Crippen molar-refractivity contribution in [3.05, 3.63) is 57.6 Å². The molecule has 1 heterocycles. The molecule has 3 aliphatic rings. The maximum absolute atomic E-state index is 13.7. The number of fused-ring (bicyclic) bond motifs is 2. The summed E-state index contributed by atoms with van der Waals surface area (Å²) in [6, 6.07) is 7.22. The van der Waals surface area contributed by atoms with Crippen LogP contribution in [0.3, 0.4) is 0 Å². The first-order chi connectivity index (χ1) is 17.9. The monoisotopic (exact) mass is 570 g/mol. The van der Waals surface area contributed by atoms with Gasteiger partial charge in [-0.25, -0.2) is 0 Å². The number of rotatable bonds is 7. The third-order valence-corrected chi connectivity index (χ3v) is 8.03. The summed E-state index contributed by atoms with van der Waals surface area (Å²) in [5.74, 6) is -2.30. The molecule has 2 amide bonds. The molecule has 38 heavy (non-hydrogen) atoms. The summed E-state index contributed by atoms with van der Waals surface area (Å²) in [6.45, 7) is 0. The molecule has 0 aromatic heterocycles. The van der Waals surface area contributed by atoms with E-state index in [0.29, 0.717) is 17.7 Å². The molecule has 202 valence electrons.